The summed E-state index contributed by atoms with van der Waals surface area (Å²) >= 11 is 0. The van der Waals surface area contributed by atoms with Crippen molar-refractivity contribution in [3.8, 4) is 0 Å². The monoisotopic (exact) mass is 225 g/mol. The van der Waals surface area contributed by atoms with Gasteiger partial charge in [-0.3, -0.25) is 10.1 Å². The second-order valence-electron chi connectivity index (χ2n) is 3.71. The fourth-order valence-corrected chi connectivity index (χ4v) is 1.58. The number of halogens is 1. The molecule has 2 atom stereocenters. The van der Waals surface area contributed by atoms with Crippen molar-refractivity contribution in [2.45, 2.75) is 32.4 Å². The molecule has 0 fully saturated rings. The summed E-state index contributed by atoms with van der Waals surface area (Å²) in [5.74, 6) is -1.23. The number of hydrogen-bond acceptors (Lipinski definition) is 2. The van der Waals surface area contributed by atoms with Crippen molar-refractivity contribution in [1.82, 2.24) is 5.32 Å². The molecular weight excluding hydrogens is 209 g/mol. The van der Waals surface area contributed by atoms with Crippen LogP contribution in [0.4, 0.5) is 4.39 Å². The Morgan fingerprint density at radius 2 is 2.12 bits per heavy atom. The van der Waals surface area contributed by atoms with Crippen LogP contribution in [-0.2, 0) is 4.79 Å². The van der Waals surface area contributed by atoms with Crippen molar-refractivity contribution in [2.75, 3.05) is 0 Å². The molecule has 88 valence electrons. The number of nitrogens with one attached hydrogen (secondary N) is 1. The van der Waals surface area contributed by atoms with E-state index in [9.17, 15) is 9.18 Å². The minimum absolute atomic E-state index is 0.317. The minimum Gasteiger partial charge on any atom is -0.480 e. The van der Waals surface area contributed by atoms with E-state index in [1.165, 1.54) is 6.07 Å². The van der Waals surface area contributed by atoms with Crippen LogP contribution in [-0.4, -0.2) is 17.1 Å². The Morgan fingerprint density at radius 1 is 1.50 bits per heavy atom. The zero-order valence-electron chi connectivity index (χ0n) is 9.40. The van der Waals surface area contributed by atoms with Gasteiger partial charge in [0.1, 0.15) is 11.9 Å². The number of aliphatic carboxylic acids is 1. The molecule has 1 aromatic carbocycles. The largest absolute Gasteiger partial charge is 0.480 e. The molecule has 4 heteroatoms. The number of rotatable bonds is 5. The van der Waals surface area contributed by atoms with Crippen molar-refractivity contribution in [3.05, 3.63) is 35.6 Å². The van der Waals surface area contributed by atoms with Gasteiger partial charge in [0.25, 0.3) is 0 Å². The van der Waals surface area contributed by atoms with Crippen LogP contribution < -0.4 is 5.32 Å². The van der Waals surface area contributed by atoms with Crippen molar-refractivity contribution in [3.63, 3.8) is 0 Å². The maximum atomic E-state index is 13.4. The van der Waals surface area contributed by atoms with Gasteiger partial charge >= 0.3 is 5.97 Å². The van der Waals surface area contributed by atoms with E-state index in [1.807, 2.05) is 0 Å². The third-order valence-electron chi connectivity index (χ3n) is 2.53. The van der Waals surface area contributed by atoms with Gasteiger partial charge in [-0.15, -0.1) is 0 Å². The van der Waals surface area contributed by atoms with Gasteiger partial charge in [-0.1, -0.05) is 25.1 Å². The molecule has 1 unspecified atom stereocenters. The number of carboxylic acids is 1. The number of hydrogen-bond donors (Lipinski definition) is 2. The molecular formula is C12H16FNO2. The summed E-state index contributed by atoms with van der Waals surface area (Å²) in [5.41, 5.74) is 0.488. The molecule has 0 saturated heterocycles. The Balaban J connectivity index is 2.75. The molecule has 0 aromatic heterocycles. The van der Waals surface area contributed by atoms with Crippen LogP contribution in [0, 0.1) is 5.82 Å². The molecule has 1 aromatic rings. The van der Waals surface area contributed by atoms with E-state index in [0.29, 0.717) is 12.0 Å². The lowest BCUT2D eigenvalue weighted by Gasteiger charge is -2.19. The average molecular weight is 225 g/mol. The van der Waals surface area contributed by atoms with Crippen LogP contribution >= 0.6 is 0 Å². The van der Waals surface area contributed by atoms with Crippen molar-refractivity contribution in [1.29, 1.82) is 0 Å². The summed E-state index contributed by atoms with van der Waals surface area (Å²) in [4.78, 5) is 10.8. The Kier molecular flexibility index (Phi) is 4.43. The molecule has 3 nitrogen and oxygen atoms in total. The van der Waals surface area contributed by atoms with Crippen molar-refractivity contribution in [2.24, 2.45) is 0 Å². The highest BCUT2D eigenvalue weighted by molar-refractivity contribution is 5.73. The quantitative estimate of drug-likeness (QED) is 0.808. The first-order chi connectivity index (χ1) is 7.56. The normalized spacial score (nSPS) is 14.4. The lowest BCUT2D eigenvalue weighted by atomic mass is 10.1. The third-order valence-corrected chi connectivity index (χ3v) is 2.53. The Bertz CT molecular complexity index is 368. The van der Waals surface area contributed by atoms with Crippen molar-refractivity contribution < 1.29 is 14.3 Å². The maximum absolute atomic E-state index is 13.4. The molecule has 0 bridgehead atoms. The second kappa shape index (κ2) is 5.61. The fourth-order valence-electron chi connectivity index (χ4n) is 1.58. The highest BCUT2D eigenvalue weighted by atomic mass is 19.1. The van der Waals surface area contributed by atoms with E-state index in [0.717, 1.165) is 0 Å². The first kappa shape index (κ1) is 12.6. The summed E-state index contributed by atoms with van der Waals surface area (Å²) < 4.78 is 13.4. The molecule has 0 aliphatic rings. The van der Waals surface area contributed by atoms with E-state index < -0.39 is 12.0 Å². The molecule has 0 spiro atoms. The van der Waals surface area contributed by atoms with Crippen LogP contribution in [0.5, 0.6) is 0 Å². The standard InChI is InChI=1S/C12H16FNO2/c1-3-11(12(15)16)14-8(2)9-6-4-5-7-10(9)13/h4-8,11,14H,3H2,1-2H3,(H,15,16)/t8-,11?/m1/s1. The fraction of sp³-hybridized carbons (Fsp3) is 0.417. The van der Waals surface area contributed by atoms with E-state index in [2.05, 4.69) is 5.32 Å². The summed E-state index contributed by atoms with van der Waals surface area (Å²) in [6.45, 7) is 3.53. The van der Waals surface area contributed by atoms with Gasteiger partial charge in [0.2, 0.25) is 0 Å². The summed E-state index contributed by atoms with van der Waals surface area (Å²) in [6, 6.07) is 5.41. The molecule has 0 amide bonds. The molecule has 0 saturated carbocycles. The predicted octanol–water partition coefficient (Wildman–Crippen LogP) is 2.34. The predicted molar refractivity (Wildman–Crippen MR) is 59.7 cm³/mol. The third kappa shape index (κ3) is 3.03. The van der Waals surface area contributed by atoms with E-state index in [1.54, 1.807) is 32.0 Å². The van der Waals surface area contributed by atoms with Crippen LogP contribution in [0.2, 0.25) is 0 Å². The van der Waals surface area contributed by atoms with Gasteiger partial charge in [-0.2, -0.15) is 0 Å². The minimum atomic E-state index is -0.911. The number of carbonyl (C=O) groups is 1. The first-order valence-corrected chi connectivity index (χ1v) is 5.29. The highest BCUT2D eigenvalue weighted by Crippen LogP contribution is 2.17. The van der Waals surface area contributed by atoms with Gasteiger partial charge in [0.15, 0.2) is 0 Å². The van der Waals surface area contributed by atoms with Gasteiger partial charge < -0.3 is 5.11 Å². The van der Waals surface area contributed by atoms with Crippen molar-refractivity contribution >= 4 is 5.97 Å². The van der Waals surface area contributed by atoms with Crippen LogP contribution in [0.15, 0.2) is 24.3 Å². The molecule has 16 heavy (non-hydrogen) atoms. The Hall–Kier alpha value is -1.42. The van der Waals surface area contributed by atoms with E-state index in [4.69, 9.17) is 5.11 Å². The first-order valence-electron chi connectivity index (χ1n) is 5.29. The van der Waals surface area contributed by atoms with Crippen LogP contribution in [0.3, 0.4) is 0 Å². The van der Waals surface area contributed by atoms with Gasteiger partial charge in [0, 0.05) is 11.6 Å². The molecule has 0 aliphatic carbocycles. The maximum Gasteiger partial charge on any atom is 0.320 e. The molecule has 1 rings (SSSR count). The molecule has 0 aliphatic heterocycles. The van der Waals surface area contributed by atoms with Gasteiger partial charge in [0.05, 0.1) is 0 Å². The number of benzene rings is 1. The van der Waals surface area contributed by atoms with Crippen LogP contribution in [0.1, 0.15) is 31.9 Å². The highest BCUT2D eigenvalue weighted by Gasteiger charge is 2.19. The Labute approximate surface area is 94.3 Å². The van der Waals surface area contributed by atoms with Gasteiger partial charge in [-0.25, -0.2) is 4.39 Å². The van der Waals surface area contributed by atoms with Gasteiger partial charge in [-0.05, 0) is 19.4 Å². The molecule has 0 heterocycles. The lowest BCUT2D eigenvalue weighted by Crippen LogP contribution is -2.37. The summed E-state index contributed by atoms with van der Waals surface area (Å²) in [5, 5.41) is 11.8. The zero-order valence-corrected chi connectivity index (χ0v) is 9.40. The van der Waals surface area contributed by atoms with Crippen LogP contribution in [0.25, 0.3) is 0 Å². The SMILES string of the molecule is CCC(N[C@H](C)c1ccccc1F)C(=O)O. The smallest absolute Gasteiger partial charge is 0.320 e. The summed E-state index contributed by atoms with van der Waals surface area (Å²) in [7, 11) is 0. The Morgan fingerprint density at radius 3 is 2.62 bits per heavy atom. The second-order valence-corrected chi connectivity index (χ2v) is 3.71. The lowest BCUT2D eigenvalue weighted by molar-refractivity contribution is -0.139. The molecule has 2 N–H and O–H groups in total. The topological polar surface area (TPSA) is 49.3 Å². The van der Waals surface area contributed by atoms with E-state index in [-0.39, 0.29) is 11.9 Å². The van der Waals surface area contributed by atoms with E-state index >= 15 is 0 Å². The molecule has 0 radical (unpaired) electrons. The number of carboxylic acid groups (broad SMARTS) is 1. The summed E-state index contributed by atoms with van der Waals surface area (Å²) in [6.07, 6.45) is 0.466. The average Bonchev–Trinajstić information content (AvgIpc) is 2.25. The zero-order chi connectivity index (χ0) is 12.1.